The summed E-state index contributed by atoms with van der Waals surface area (Å²) in [6.45, 7) is 9.96. The molecule has 2 nitrogen and oxygen atoms in total. The van der Waals surface area contributed by atoms with E-state index in [1.165, 1.54) is 18.4 Å². The average molecular weight is 247 g/mol. The molecule has 1 unspecified atom stereocenters. The van der Waals surface area contributed by atoms with E-state index in [2.05, 4.69) is 57.3 Å². The standard InChI is InChI=1S/C16H25NO/c1-5-17-15(16(2,3)4)12-7-6-8-14(11-12)18-13-9-10-13/h6-8,11,13,15,17H,5,9-10H2,1-4H3. The van der Waals surface area contributed by atoms with Crippen LogP contribution in [0.15, 0.2) is 24.3 Å². The Bertz CT molecular complexity index is 390. The Kier molecular flexibility index (Phi) is 3.96. The van der Waals surface area contributed by atoms with Crippen molar-refractivity contribution in [3.63, 3.8) is 0 Å². The summed E-state index contributed by atoms with van der Waals surface area (Å²) in [6.07, 6.45) is 2.88. The SMILES string of the molecule is CCNC(c1cccc(OC2CC2)c1)C(C)(C)C. The molecular formula is C16H25NO. The fourth-order valence-corrected chi connectivity index (χ4v) is 2.27. The summed E-state index contributed by atoms with van der Waals surface area (Å²) in [7, 11) is 0. The smallest absolute Gasteiger partial charge is 0.120 e. The highest BCUT2D eigenvalue weighted by molar-refractivity contribution is 5.32. The molecule has 0 aliphatic heterocycles. The maximum absolute atomic E-state index is 5.88. The molecule has 1 N–H and O–H groups in total. The normalized spacial score (nSPS) is 17.6. The van der Waals surface area contributed by atoms with Crippen LogP contribution in [0.1, 0.15) is 52.1 Å². The maximum Gasteiger partial charge on any atom is 0.120 e. The predicted molar refractivity (Wildman–Crippen MR) is 76.0 cm³/mol. The van der Waals surface area contributed by atoms with Crippen molar-refractivity contribution in [3.05, 3.63) is 29.8 Å². The van der Waals surface area contributed by atoms with Crippen LogP contribution in [0.5, 0.6) is 5.75 Å². The Morgan fingerprint density at radius 3 is 2.61 bits per heavy atom. The summed E-state index contributed by atoms with van der Waals surface area (Å²) in [6, 6.07) is 8.91. The largest absolute Gasteiger partial charge is 0.490 e. The van der Waals surface area contributed by atoms with Crippen molar-refractivity contribution in [2.75, 3.05) is 6.54 Å². The van der Waals surface area contributed by atoms with Gasteiger partial charge in [0.2, 0.25) is 0 Å². The molecule has 1 saturated carbocycles. The molecule has 18 heavy (non-hydrogen) atoms. The quantitative estimate of drug-likeness (QED) is 0.851. The first-order valence-electron chi connectivity index (χ1n) is 7.00. The van der Waals surface area contributed by atoms with Crippen LogP contribution < -0.4 is 10.1 Å². The topological polar surface area (TPSA) is 21.3 Å². The van der Waals surface area contributed by atoms with Crippen LogP contribution in [0.4, 0.5) is 0 Å². The molecule has 0 saturated heterocycles. The van der Waals surface area contributed by atoms with Gasteiger partial charge in [-0.15, -0.1) is 0 Å². The van der Waals surface area contributed by atoms with E-state index in [-0.39, 0.29) is 5.41 Å². The fourth-order valence-electron chi connectivity index (χ4n) is 2.27. The minimum absolute atomic E-state index is 0.203. The first-order chi connectivity index (χ1) is 8.50. The molecule has 1 aliphatic rings. The highest BCUT2D eigenvalue weighted by Gasteiger charge is 2.27. The number of ether oxygens (including phenoxy) is 1. The van der Waals surface area contributed by atoms with Gasteiger partial charge in [-0.05, 0) is 42.5 Å². The molecule has 1 atom stereocenters. The molecule has 1 fully saturated rings. The van der Waals surface area contributed by atoms with E-state index < -0.39 is 0 Å². The van der Waals surface area contributed by atoms with Gasteiger partial charge in [-0.3, -0.25) is 0 Å². The van der Waals surface area contributed by atoms with E-state index in [1.54, 1.807) is 0 Å². The Hall–Kier alpha value is -1.02. The molecule has 0 spiro atoms. The first-order valence-corrected chi connectivity index (χ1v) is 7.00. The van der Waals surface area contributed by atoms with Gasteiger partial charge in [-0.25, -0.2) is 0 Å². The molecule has 1 aromatic carbocycles. The van der Waals surface area contributed by atoms with Crippen LogP contribution in [0.25, 0.3) is 0 Å². The molecule has 0 radical (unpaired) electrons. The summed E-state index contributed by atoms with van der Waals surface area (Å²) in [5.74, 6) is 1.02. The van der Waals surface area contributed by atoms with Crippen LogP contribution in [0.3, 0.4) is 0 Å². The predicted octanol–water partition coefficient (Wildman–Crippen LogP) is 3.92. The lowest BCUT2D eigenvalue weighted by molar-refractivity contribution is 0.273. The molecule has 0 bridgehead atoms. The van der Waals surface area contributed by atoms with Crippen LogP contribution in [0, 0.1) is 5.41 Å². The van der Waals surface area contributed by atoms with E-state index in [9.17, 15) is 0 Å². The molecular weight excluding hydrogens is 222 g/mol. The van der Waals surface area contributed by atoms with Crippen LogP contribution >= 0.6 is 0 Å². The number of nitrogens with one attached hydrogen (secondary N) is 1. The van der Waals surface area contributed by atoms with E-state index in [0.717, 1.165) is 12.3 Å². The molecule has 0 heterocycles. The van der Waals surface area contributed by atoms with Crippen LogP contribution in [0.2, 0.25) is 0 Å². The summed E-state index contributed by atoms with van der Waals surface area (Å²) in [5.41, 5.74) is 1.52. The van der Waals surface area contributed by atoms with Crippen LogP contribution in [-0.4, -0.2) is 12.6 Å². The highest BCUT2D eigenvalue weighted by atomic mass is 16.5. The van der Waals surface area contributed by atoms with E-state index in [4.69, 9.17) is 4.74 Å². The molecule has 2 heteroatoms. The Labute approximate surface area is 111 Å². The lowest BCUT2D eigenvalue weighted by Crippen LogP contribution is -2.32. The summed E-state index contributed by atoms with van der Waals surface area (Å²) in [5, 5.41) is 3.58. The lowest BCUT2D eigenvalue weighted by Gasteiger charge is -2.32. The van der Waals surface area contributed by atoms with Crippen molar-refractivity contribution in [2.45, 2.75) is 52.7 Å². The third-order valence-electron chi connectivity index (χ3n) is 3.29. The second kappa shape index (κ2) is 5.31. The first kappa shape index (κ1) is 13.4. The van der Waals surface area contributed by atoms with Gasteiger partial charge in [-0.2, -0.15) is 0 Å². The second-order valence-electron chi connectivity index (χ2n) is 6.25. The Morgan fingerprint density at radius 1 is 1.33 bits per heavy atom. The van der Waals surface area contributed by atoms with Gasteiger partial charge in [0.15, 0.2) is 0 Å². The van der Waals surface area contributed by atoms with Gasteiger partial charge < -0.3 is 10.1 Å². The zero-order valence-electron chi connectivity index (χ0n) is 12.0. The van der Waals surface area contributed by atoms with Crippen molar-refractivity contribution in [1.82, 2.24) is 5.32 Å². The van der Waals surface area contributed by atoms with Gasteiger partial charge in [0.25, 0.3) is 0 Å². The second-order valence-corrected chi connectivity index (χ2v) is 6.25. The molecule has 0 aromatic heterocycles. The zero-order valence-corrected chi connectivity index (χ0v) is 12.0. The summed E-state index contributed by atoms with van der Waals surface area (Å²) >= 11 is 0. The van der Waals surface area contributed by atoms with E-state index in [0.29, 0.717) is 12.1 Å². The molecule has 2 rings (SSSR count). The third-order valence-corrected chi connectivity index (χ3v) is 3.29. The number of rotatable bonds is 5. The van der Waals surface area contributed by atoms with Crippen molar-refractivity contribution < 1.29 is 4.74 Å². The third kappa shape index (κ3) is 3.49. The molecule has 1 aromatic rings. The molecule has 0 amide bonds. The zero-order chi connectivity index (χ0) is 13.2. The number of hydrogen-bond donors (Lipinski definition) is 1. The Balaban J connectivity index is 2.17. The minimum atomic E-state index is 0.203. The van der Waals surface area contributed by atoms with Gasteiger partial charge >= 0.3 is 0 Å². The lowest BCUT2D eigenvalue weighted by atomic mass is 9.82. The van der Waals surface area contributed by atoms with Gasteiger partial charge in [0.05, 0.1) is 6.10 Å². The monoisotopic (exact) mass is 247 g/mol. The van der Waals surface area contributed by atoms with Crippen molar-refractivity contribution in [3.8, 4) is 5.75 Å². The summed E-state index contributed by atoms with van der Waals surface area (Å²) < 4.78 is 5.88. The number of hydrogen-bond acceptors (Lipinski definition) is 2. The average Bonchev–Trinajstić information content (AvgIpc) is 3.08. The molecule has 1 aliphatic carbocycles. The Morgan fingerprint density at radius 2 is 2.06 bits per heavy atom. The molecule has 100 valence electrons. The summed E-state index contributed by atoms with van der Waals surface area (Å²) in [4.78, 5) is 0. The van der Waals surface area contributed by atoms with Crippen molar-refractivity contribution in [1.29, 1.82) is 0 Å². The van der Waals surface area contributed by atoms with Crippen molar-refractivity contribution in [2.24, 2.45) is 5.41 Å². The minimum Gasteiger partial charge on any atom is -0.490 e. The maximum atomic E-state index is 5.88. The van der Waals surface area contributed by atoms with Crippen molar-refractivity contribution >= 4 is 0 Å². The van der Waals surface area contributed by atoms with Crippen LogP contribution in [-0.2, 0) is 0 Å². The highest BCUT2D eigenvalue weighted by Crippen LogP contribution is 2.35. The van der Waals surface area contributed by atoms with Gasteiger partial charge in [0.1, 0.15) is 5.75 Å². The van der Waals surface area contributed by atoms with Gasteiger partial charge in [0, 0.05) is 6.04 Å². The van der Waals surface area contributed by atoms with E-state index >= 15 is 0 Å². The van der Waals surface area contributed by atoms with E-state index in [1.807, 2.05) is 0 Å². The number of benzene rings is 1. The van der Waals surface area contributed by atoms with Gasteiger partial charge in [-0.1, -0.05) is 39.8 Å². The fraction of sp³-hybridized carbons (Fsp3) is 0.625.